The predicted molar refractivity (Wildman–Crippen MR) is 177 cm³/mol. The number of aryl methyl sites for hydroxylation is 1. The van der Waals surface area contributed by atoms with Crippen molar-refractivity contribution in [1.29, 1.82) is 0 Å². The summed E-state index contributed by atoms with van der Waals surface area (Å²) in [5.74, 6) is 5.33. The number of Topliss-reactive ketones (excluding diaryl/α,β-unsaturated/α-hetero) is 1. The van der Waals surface area contributed by atoms with Gasteiger partial charge in [0.2, 0.25) is 0 Å². The molecule has 7 heteroatoms. The molecular formula is C39H39F3N2O2. The number of carbonyl (C=O) groups excluding carboxylic acids is 2. The Morgan fingerprint density at radius 1 is 0.957 bits per heavy atom. The highest BCUT2D eigenvalue weighted by atomic mass is 19.4. The van der Waals surface area contributed by atoms with Crippen LogP contribution in [0.3, 0.4) is 0 Å². The summed E-state index contributed by atoms with van der Waals surface area (Å²) in [6, 6.07) is 21.8. The molecule has 1 amide bonds. The highest BCUT2D eigenvalue weighted by Gasteiger charge is 2.46. The van der Waals surface area contributed by atoms with Crippen molar-refractivity contribution in [2.24, 2.45) is 0 Å². The third kappa shape index (κ3) is 8.44. The van der Waals surface area contributed by atoms with Crippen molar-refractivity contribution in [1.82, 2.24) is 10.6 Å². The van der Waals surface area contributed by atoms with E-state index < -0.39 is 17.8 Å². The van der Waals surface area contributed by atoms with E-state index in [0.29, 0.717) is 37.7 Å². The number of benzene rings is 3. The number of alkyl halides is 3. The summed E-state index contributed by atoms with van der Waals surface area (Å²) in [7, 11) is 0. The van der Waals surface area contributed by atoms with E-state index in [0.717, 1.165) is 41.9 Å². The van der Waals surface area contributed by atoms with E-state index in [1.165, 1.54) is 17.5 Å². The lowest BCUT2D eigenvalue weighted by Gasteiger charge is -2.20. The van der Waals surface area contributed by atoms with E-state index in [1.54, 1.807) is 13.0 Å². The zero-order valence-corrected chi connectivity index (χ0v) is 26.1. The molecule has 0 radical (unpaired) electrons. The Morgan fingerprint density at radius 2 is 1.72 bits per heavy atom. The number of fused-ring (bicyclic) bond motifs is 1. The van der Waals surface area contributed by atoms with E-state index in [2.05, 4.69) is 52.8 Å². The van der Waals surface area contributed by atoms with Crippen molar-refractivity contribution in [2.75, 3.05) is 6.54 Å². The average Bonchev–Trinajstić information content (AvgIpc) is 3.81. The van der Waals surface area contributed by atoms with Crippen molar-refractivity contribution in [3.63, 3.8) is 0 Å². The summed E-state index contributed by atoms with van der Waals surface area (Å²) in [6.45, 7) is 1.85. The van der Waals surface area contributed by atoms with Gasteiger partial charge in [0.15, 0.2) is 0 Å². The van der Waals surface area contributed by atoms with Crippen LogP contribution >= 0.6 is 0 Å². The Hall–Kier alpha value is -4.41. The smallest absolute Gasteiger partial charge is 0.343 e. The standard InChI is InChI=1S/C39H39F3N2O2/c1-28(43-26-12-18-31-16-4-2-3-5-20-35(31)39(40,41)42)36(45)21-11-9-15-30-14-8-10-19-34(30)37(46)44-38(24-25-38)33-23-22-29-13-6-7-17-32(29)27-33/h3,5-8,10,13-14,16-17,19-20,22-23,27-28,43H,2,4,9,11,15,21,24-26H2,1H3,(H,44,46)/b5-3+,31-16?,35-20?. The lowest BCUT2D eigenvalue weighted by molar-refractivity contribution is -0.120. The molecule has 0 aliphatic heterocycles. The first-order valence-electron chi connectivity index (χ1n) is 16.0. The molecule has 2 aliphatic carbocycles. The number of unbranched alkanes of at least 4 members (excludes halogenated alkanes) is 1. The Morgan fingerprint density at radius 3 is 2.50 bits per heavy atom. The molecule has 0 aromatic heterocycles. The number of hydrogen-bond donors (Lipinski definition) is 2. The summed E-state index contributed by atoms with van der Waals surface area (Å²) < 4.78 is 40.3. The molecular weight excluding hydrogens is 585 g/mol. The largest absolute Gasteiger partial charge is 0.417 e. The van der Waals surface area contributed by atoms with Crippen LogP contribution in [0.5, 0.6) is 0 Å². The predicted octanol–water partition coefficient (Wildman–Crippen LogP) is 8.29. The van der Waals surface area contributed by atoms with Crippen LogP contribution in [0.25, 0.3) is 10.8 Å². The topological polar surface area (TPSA) is 58.2 Å². The molecule has 1 unspecified atom stereocenters. The molecule has 238 valence electrons. The molecule has 4 nitrogen and oxygen atoms in total. The first-order chi connectivity index (χ1) is 22.2. The number of ketones is 1. The van der Waals surface area contributed by atoms with Crippen LogP contribution in [0.4, 0.5) is 13.2 Å². The van der Waals surface area contributed by atoms with Crippen molar-refractivity contribution < 1.29 is 22.8 Å². The Kier molecular flexibility index (Phi) is 10.6. The molecule has 3 aromatic rings. The first kappa shape index (κ1) is 33.0. The first-order valence-corrected chi connectivity index (χ1v) is 16.0. The normalized spacial score (nSPS) is 17.0. The molecule has 0 spiro atoms. The maximum Gasteiger partial charge on any atom is 0.417 e. The van der Waals surface area contributed by atoms with Gasteiger partial charge in [-0.3, -0.25) is 14.9 Å². The van der Waals surface area contributed by atoms with Gasteiger partial charge >= 0.3 is 6.18 Å². The molecule has 0 bridgehead atoms. The maximum atomic E-state index is 13.5. The zero-order valence-electron chi connectivity index (χ0n) is 26.1. The van der Waals surface area contributed by atoms with Crippen LogP contribution < -0.4 is 10.6 Å². The average molecular weight is 625 g/mol. The maximum absolute atomic E-state index is 13.5. The molecule has 3 aromatic carbocycles. The minimum Gasteiger partial charge on any atom is -0.343 e. The van der Waals surface area contributed by atoms with Gasteiger partial charge in [0.25, 0.3) is 5.91 Å². The fraction of sp³-hybridized carbons (Fsp3) is 0.333. The Labute approximate surface area is 268 Å². The van der Waals surface area contributed by atoms with Gasteiger partial charge in [-0.2, -0.15) is 13.2 Å². The number of hydrogen-bond acceptors (Lipinski definition) is 3. The van der Waals surface area contributed by atoms with Gasteiger partial charge in [-0.1, -0.05) is 84.7 Å². The molecule has 0 saturated heterocycles. The van der Waals surface area contributed by atoms with Crippen molar-refractivity contribution in [3.8, 4) is 11.8 Å². The summed E-state index contributed by atoms with van der Waals surface area (Å²) in [6.07, 6.45) is 6.59. The zero-order chi connectivity index (χ0) is 32.6. The van der Waals surface area contributed by atoms with Gasteiger partial charge in [0, 0.05) is 17.6 Å². The number of rotatable bonds is 11. The number of carbonyl (C=O) groups is 2. The van der Waals surface area contributed by atoms with Gasteiger partial charge in [0.05, 0.1) is 23.7 Å². The van der Waals surface area contributed by atoms with Crippen molar-refractivity contribution in [3.05, 3.63) is 119 Å². The van der Waals surface area contributed by atoms with Crippen molar-refractivity contribution >= 4 is 22.5 Å². The Bertz CT molecular complexity index is 1730. The van der Waals surface area contributed by atoms with Crippen LogP contribution in [0.15, 0.2) is 102 Å². The summed E-state index contributed by atoms with van der Waals surface area (Å²) in [5, 5.41) is 8.66. The highest BCUT2D eigenvalue weighted by Crippen LogP contribution is 2.46. The minimum absolute atomic E-state index is 0.0186. The molecule has 2 N–H and O–H groups in total. The lowest BCUT2D eigenvalue weighted by atomic mass is 9.97. The molecule has 2 aliphatic rings. The van der Waals surface area contributed by atoms with E-state index >= 15 is 0 Å². The quantitative estimate of drug-likeness (QED) is 0.167. The van der Waals surface area contributed by atoms with E-state index in [1.807, 2.05) is 36.4 Å². The second kappa shape index (κ2) is 14.8. The van der Waals surface area contributed by atoms with E-state index in [-0.39, 0.29) is 29.3 Å². The van der Waals surface area contributed by atoms with Gasteiger partial charge in [-0.05, 0) is 92.0 Å². The molecule has 1 atom stereocenters. The van der Waals surface area contributed by atoms with Crippen molar-refractivity contribution in [2.45, 2.75) is 76.0 Å². The van der Waals surface area contributed by atoms with Gasteiger partial charge in [-0.15, -0.1) is 0 Å². The minimum atomic E-state index is -4.49. The monoisotopic (exact) mass is 624 g/mol. The molecule has 46 heavy (non-hydrogen) atoms. The van der Waals surface area contributed by atoms with Crippen LogP contribution in [0, 0.1) is 11.8 Å². The third-order valence-corrected chi connectivity index (χ3v) is 8.67. The van der Waals surface area contributed by atoms with Gasteiger partial charge in [0.1, 0.15) is 5.78 Å². The second-order valence-electron chi connectivity index (χ2n) is 12.0. The van der Waals surface area contributed by atoms with Crippen LogP contribution in [0.2, 0.25) is 0 Å². The van der Waals surface area contributed by atoms with Gasteiger partial charge in [-0.25, -0.2) is 0 Å². The van der Waals surface area contributed by atoms with Crippen LogP contribution in [-0.4, -0.2) is 30.5 Å². The number of nitrogens with one attached hydrogen (secondary N) is 2. The Balaban J connectivity index is 1.09. The number of allylic oxidation sites excluding steroid dienone is 6. The fourth-order valence-electron chi connectivity index (χ4n) is 5.78. The summed E-state index contributed by atoms with van der Waals surface area (Å²) in [5.41, 5.74) is 1.61. The highest BCUT2D eigenvalue weighted by molar-refractivity contribution is 5.96. The molecule has 0 heterocycles. The third-order valence-electron chi connectivity index (χ3n) is 8.67. The molecule has 1 saturated carbocycles. The second-order valence-corrected chi connectivity index (χ2v) is 12.0. The molecule has 5 rings (SSSR count). The fourth-order valence-corrected chi connectivity index (χ4v) is 5.78. The number of halogens is 3. The summed E-state index contributed by atoms with van der Waals surface area (Å²) >= 11 is 0. The lowest BCUT2D eigenvalue weighted by Crippen LogP contribution is -2.35. The number of amides is 1. The molecule has 1 fully saturated rings. The van der Waals surface area contributed by atoms with Crippen LogP contribution in [0.1, 0.15) is 73.4 Å². The van der Waals surface area contributed by atoms with E-state index in [9.17, 15) is 22.8 Å². The SMILES string of the molecule is CC(NCC#CC1=CCC/C=C/C=C1C(F)(F)F)C(=O)CCCCc1ccccc1C(=O)NC1(c2ccc3ccccc3c2)CC1. The van der Waals surface area contributed by atoms with Crippen LogP contribution in [-0.2, 0) is 16.8 Å². The summed E-state index contributed by atoms with van der Waals surface area (Å²) in [4.78, 5) is 26.2. The van der Waals surface area contributed by atoms with Gasteiger partial charge < -0.3 is 5.32 Å². The van der Waals surface area contributed by atoms with E-state index in [4.69, 9.17) is 0 Å².